The Bertz CT molecular complexity index is 728. The molecule has 8 nitrogen and oxygen atoms in total. The normalized spacial score (nSPS) is 10.8. The zero-order valence-electron chi connectivity index (χ0n) is 14.1. The van der Waals surface area contributed by atoms with E-state index in [0.717, 1.165) is 6.26 Å². The molecule has 0 saturated heterocycles. The molecular weight excluding hydrogens is 350 g/mol. The molecule has 138 valence electrons. The summed E-state index contributed by atoms with van der Waals surface area (Å²) in [6.07, 6.45) is 1.63. The van der Waals surface area contributed by atoms with Crippen LogP contribution in [0.15, 0.2) is 29.2 Å². The van der Waals surface area contributed by atoms with Crippen molar-refractivity contribution in [3.63, 3.8) is 0 Å². The van der Waals surface area contributed by atoms with Gasteiger partial charge in [-0.2, -0.15) is 0 Å². The zero-order valence-corrected chi connectivity index (χ0v) is 14.9. The standard InChI is InChI=1S/C16H21NO7S/c1-3-23-15(19)8-5-9-17-14(18)11-24-16(20)12-6-4-7-13(10-12)25(2,21)22/h4,6-7,10H,3,5,8-9,11H2,1-2H3,(H,17,18). The Morgan fingerprint density at radius 2 is 1.88 bits per heavy atom. The van der Waals surface area contributed by atoms with Crippen LogP contribution in [0.5, 0.6) is 0 Å². The number of amides is 1. The van der Waals surface area contributed by atoms with Gasteiger partial charge in [-0.3, -0.25) is 9.59 Å². The van der Waals surface area contributed by atoms with Gasteiger partial charge in [0.05, 0.1) is 17.1 Å². The Morgan fingerprint density at radius 1 is 1.16 bits per heavy atom. The predicted molar refractivity (Wildman–Crippen MR) is 88.7 cm³/mol. The van der Waals surface area contributed by atoms with Crippen molar-refractivity contribution in [1.29, 1.82) is 0 Å². The summed E-state index contributed by atoms with van der Waals surface area (Å²) in [6.45, 7) is 1.77. The molecule has 0 aromatic heterocycles. The van der Waals surface area contributed by atoms with Crippen LogP contribution in [0.1, 0.15) is 30.1 Å². The molecule has 0 aliphatic carbocycles. The van der Waals surface area contributed by atoms with E-state index in [1.807, 2.05) is 0 Å². The minimum Gasteiger partial charge on any atom is -0.466 e. The molecule has 0 spiro atoms. The molecule has 25 heavy (non-hydrogen) atoms. The van der Waals surface area contributed by atoms with E-state index in [1.165, 1.54) is 24.3 Å². The van der Waals surface area contributed by atoms with Crippen LogP contribution in [0.2, 0.25) is 0 Å². The van der Waals surface area contributed by atoms with Crippen molar-refractivity contribution in [3.05, 3.63) is 29.8 Å². The number of hydrogen-bond acceptors (Lipinski definition) is 7. The minimum absolute atomic E-state index is 0.00892. The van der Waals surface area contributed by atoms with E-state index in [0.29, 0.717) is 13.0 Å². The molecule has 9 heteroatoms. The first kappa shape index (κ1) is 20.6. The fourth-order valence-electron chi connectivity index (χ4n) is 1.81. The van der Waals surface area contributed by atoms with Crippen LogP contribution in [-0.2, 0) is 28.9 Å². The zero-order chi connectivity index (χ0) is 18.9. The Labute approximate surface area is 146 Å². The van der Waals surface area contributed by atoms with Crippen LogP contribution in [-0.4, -0.2) is 52.3 Å². The quantitative estimate of drug-likeness (QED) is 0.502. The summed E-state index contributed by atoms with van der Waals surface area (Å²) in [7, 11) is -3.44. The molecule has 1 aromatic carbocycles. The molecule has 1 N–H and O–H groups in total. The van der Waals surface area contributed by atoms with Gasteiger partial charge in [0.15, 0.2) is 16.4 Å². The maximum absolute atomic E-state index is 11.9. The highest BCUT2D eigenvalue weighted by molar-refractivity contribution is 7.90. The lowest BCUT2D eigenvalue weighted by molar-refractivity contribution is -0.143. The molecule has 1 amide bonds. The van der Waals surface area contributed by atoms with Crippen molar-refractivity contribution in [1.82, 2.24) is 5.32 Å². The summed E-state index contributed by atoms with van der Waals surface area (Å²) in [4.78, 5) is 34.5. The second kappa shape index (κ2) is 9.77. The average Bonchev–Trinajstić information content (AvgIpc) is 2.56. The Kier molecular flexibility index (Phi) is 8.06. The molecule has 0 radical (unpaired) electrons. The van der Waals surface area contributed by atoms with Crippen molar-refractivity contribution in [2.24, 2.45) is 0 Å². The number of nitrogens with one attached hydrogen (secondary N) is 1. The van der Waals surface area contributed by atoms with Crippen LogP contribution in [0.25, 0.3) is 0 Å². The van der Waals surface area contributed by atoms with Crippen LogP contribution in [0, 0.1) is 0 Å². The van der Waals surface area contributed by atoms with Gasteiger partial charge in [-0.25, -0.2) is 13.2 Å². The van der Waals surface area contributed by atoms with Gasteiger partial charge >= 0.3 is 11.9 Å². The first-order valence-electron chi connectivity index (χ1n) is 7.63. The van der Waals surface area contributed by atoms with Gasteiger partial charge in [0.25, 0.3) is 5.91 Å². The topological polar surface area (TPSA) is 116 Å². The summed E-state index contributed by atoms with van der Waals surface area (Å²) in [5.74, 6) is -1.66. The fourth-order valence-corrected chi connectivity index (χ4v) is 2.48. The van der Waals surface area contributed by atoms with Crippen molar-refractivity contribution >= 4 is 27.7 Å². The lowest BCUT2D eigenvalue weighted by Gasteiger charge is -2.07. The number of hydrogen-bond donors (Lipinski definition) is 1. The van der Waals surface area contributed by atoms with Crippen LogP contribution < -0.4 is 5.32 Å². The first-order chi connectivity index (χ1) is 11.7. The monoisotopic (exact) mass is 371 g/mol. The molecule has 1 rings (SSSR count). The van der Waals surface area contributed by atoms with Gasteiger partial charge in [0.2, 0.25) is 0 Å². The molecule has 0 aliphatic heterocycles. The average molecular weight is 371 g/mol. The van der Waals surface area contributed by atoms with Gasteiger partial charge in [-0.15, -0.1) is 0 Å². The smallest absolute Gasteiger partial charge is 0.338 e. The number of ether oxygens (including phenoxy) is 2. The second-order valence-electron chi connectivity index (χ2n) is 5.13. The van der Waals surface area contributed by atoms with E-state index < -0.39 is 28.3 Å². The van der Waals surface area contributed by atoms with E-state index in [4.69, 9.17) is 9.47 Å². The molecule has 0 unspecified atom stereocenters. The van der Waals surface area contributed by atoms with Gasteiger partial charge in [-0.1, -0.05) is 6.07 Å². The summed E-state index contributed by atoms with van der Waals surface area (Å²) < 4.78 is 32.5. The number of benzene rings is 1. The van der Waals surface area contributed by atoms with Crippen LogP contribution >= 0.6 is 0 Å². The van der Waals surface area contributed by atoms with E-state index in [9.17, 15) is 22.8 Å². The van der Waals surface area contributed by atoms with Gasteiger partial charge < -0.3 is 14.8 Å². The number of rotatable bonds is 9. The summed E-state index contributed by atoms with van der Waals surface area (Å²) in [6, 6.07) is 5.37. The molecule has 0 bridgehead atoms. The van der Waals surface area contributed by atoms with Crippen molar-refractivity contribution in [2.45, 2.75) is 24.7 Å². The largest absolute Gasteiger partial charge is 0.466 e. The van der Waals surface area contributed by atoms with E-state index in [-0.39, 0.29) is 29.4 Å². The predicted octanol–water partition coefficient (Wildman–Crippen LogP) is 0.706. The number of carbonyl (C=O) groups is 3. The summed E-state index contributed by atoms with van der Waals surface area (Å²) in [5.41, 5.74) is 0.0398. The highest BCUT2D eigenvalue weighted by Gasteiger charge is 2.14. The molecule has 0 heterocycles. The lowest BCUT2D eigenvalue weighted by Crippen LogP contribution is -2.30. The molecule has 0 aliphatic rings. The first-order valence-corrected chi connectivity index (χ1v) is 9.52. The minimum atomic E-state index is -3.44. The molecule has 0 fully saturated rings. The van der Waals surface area contributed by atoms with Crippen LogP contribution in [0.4, 0.5) is 0 Å². The summed E-state index contributed by atoms with van der Waals surface area (Å²) >= 11 is 0. The van der Waals surface area contributed by atoms with Crippen molar-refractivity contribution < 1.29 is 32.3 Å². The highest BCUT2D eigenvalue weighted by Crippen LogP contribution is 2.12. The van der Waals surface area contributed by atoms with Crippen molar-refractivity contribution in [2.75, 3.05) is 26.0 Å². The second-order valence-corrected chi connectivity index (χ2v) is 7.15. The van der Waals surface area contributed by atoms with E-state index >= 15 is 0 Å². The summed E-state index contributed by atoms with van der Waals surface area (Å²) in [5, 5.41) is 2.50. The fraction of sp³-hybridized carbons (Fsp3) is 0.438. The third-order valence-electron chi connectivity index (χ3n) is 3.02. The maximum Gasteiger partial charge on any atom is 0.338 e. The highest BCUT2D eigenvalue weighted by atomic mass is 32.2. The van der Waals surface area contributed by atoms with Crippen molar-refractivity contribution in [3.8, 4) is 0 Å². The van der Waals surface area contributed by atoms with E-state index in [1.54, 1.807) is 6.92 Å². The van der Waals surface area contributed by atoms with E-state index in [2.05, 4.69) is 5.32 Å². The number of sulfone groups is 1. The van der Waals surface area contributed by atoms with Gasteiger partial charge in [-0.05, 0) is 31.5 Å². The number of carbonyl (C=O) groups excluding carboxylic acids is 3. The SMILES string of the molecule is CCOC(=O)CCCNC(=O)COC(=O)c1cccc(S(C)(=O)=O)c1. The molecular formula is C16H21NO7S. The Hall–Kier alpha value is -2.42. The third kappa shape index (κ3) is 7.79. The van der Waals surface area contributed by atoms with Gasteiger partial charge in [0, 0.05) is 19.2 Å². The lowest BCUT2D eigenvalue weighted by atomic mass is 10.2. The number of esters is 2. The Morgan fingerprint density at radius 3 is 2.52 bits per heavy atom. The molecule has 0 atom stereocenters. The van der Waals surface area contributed by atoms with Crippen LogP contribution in [0.3, 0.4) is 0 Å². The third-order valence-corrected chi connectivity index (χ3v) is 4.13. The molecule has 1 aromatic rings. The van der Waals surface area contributed by atoms with Gasteiger partial charge in [0.1, 0.15) is 0 Å². The Balaban J connectivity index is 2.39. The maximum atomic E-state index is 11.9. The molecule has 0 saturated carbocycles.